The second kappa shape index (κ2) is 5.17. The van der Waals surface area contributed by atoms with Crippen LogP contribution in [0.2, 0.25) is 5.02 Å². The third-order valence-corrected chi connectivity index (χ3v) is 3.18. The van der Waals surface area contributed by atoms with E-state index in [1.165, 1.54) is 30.7 Å². The molecule has 0 aliphatic rings. The van der Waals surface area contributed by atoms with Crippen LogP contribution < -0.4 is 5.43 Å². The largest absolute Gasteiger partial charge is 0.339 e. The highest BCUT2D eigenvalue weighted by Crippen LogP contribution is 2.21. The number of halogens is 2. The van der Waals surface area contributed by atoms with Crippen LogP contribution in [0.4, 0.5) is 4.39 Å². The van der Waals surface area contributed by atoms with Crippen LogP contribution in [0.1, 0.15) is 24.2 Å². The second-order valence-corrected chi connectivity index (χ2v) is 4.95. The number of fused-ring (bicyclic) bond motifs is 1. The van der Waals surface area contributed by atoms with Gasteiger partial charge in [-0.3, -0.25) is 14.4 Å². The van der Waals surface area contributed by atoms with E-state index in [1.807, 2.05) is 0 Å². The van der Waals surface area contributed by atoms with E-state index in [0.29, 0.717) is 5.52 Å². The van der Waals surface area contributed by atoms with Gasteiger partial charge in [0.2, 0.25) is 0 Å². The van der Waals surface area contributed by atoms with Crippen LogP contribution in [0.5, 0.6) is 0 Å². The minimum absolute atomic E-state index is 0.0286. The van der Waals surface area contributed by atoms with Gasteiger partial charge >= 0.3 is 0 Å². The summed E-state index contributed by atoms with van der Waals surface area (Å²) < 4.78 is 15.0. The molecule has 0 saturated carbocycles. The van der Waals surface area contributed by atoms with E-state index in [2.05, 4.69) is 0 Å². The molecule has 0 spiro atoms. The van der Waals surface area contributed by atoms with Crippen molar-refractivity contribution in [3.63, 3.8) is 0 Å². The number of rotatable bonds is 3. The number of carbonyl (C=O) groups is 2. The first-order valence-corrected chi connectivity index (χ1v) is 6.21. The molecule has 0 radical (unpaired) electrons. The molecule has 0 unspecified atom stereocenters. The highest BCUT2D eigenvalue weighted by molar-refractivity contribution is 6.31. The molecule has 0 amide bonds. The second-order valence-electron chi connectivity index (χ2n) is 4.54. The van der Waals surface area contributed by atoms with Gasteiger partial charge in [-0.2, -0.15) is 0 Å². The first-order valence-electron chi connectivity index (χ1n) is 5.84. The number of hydrogen-bond donors (Lipinski definition) is 0. The predicted molar refractivity (Wildman–Crippen MR) is 73.9 cm³/mol. The average molecular weight is 296 g/mol. The van der Waals surface area contributed by atoms with Gasteiger partial charge in [-0.25, -0.2) is 4.39 Å². The Balaban J connectivity index is 2.92. The number of ketones is 2. The summed E-state index contributed by atoms with van der Waals surface area (Å²) in [6.45, 7) is 2.59. The molecule has 0 atom stereocenters. The van der Waals surface area contributed by atoms with Gasteiger partial charge in [0, 0.05) is 11.6 Å². The normalized spacial score (nSPS) is 10.8. The van der Waals surface area contributed by atoms with Crippen molar-refractivity contribution in [3.8, 4) is 0 Å². The fraction of sp³-hybridized carbons (Fsp3) is 0.214. The van der Waals surface area contributed by atoms with Gasteiger partial charge in [-0.05, 0) is 26.0 Å². The summed E-state index contributed by atoms with van der Waals surface area (Å²) >= 11 is 5.71. The lowest BCUT2D eigenvalue weighted by Gasteiger charge is -2.11. The topological polar surface area (TPSA) is 56.1 Å². The molecule has 2 rings (SSSR count). The Morgan fingerprint density at radius 2 is 1.95 bits per heavy atom. The van der Waals surface area contributed by atoms with Crippen molar-refractivity contribution < 1.29 is 14.0 Å². The summed E-state index contributed by atoms with van der Waals surface area (Å²) in [7, 11) is 0. The Bertz CT molecular complexity index is 795. The number of aromatic nitrogens is 1. The minimum atomic E-state index is -0.744. The molecule has 0 fully saturated rings. The molecule has 0 saturated heterocycles. The molecular weight excluding hydrogens is 285 g/mol. The Hall–Kier alpha value is -2.01. The lowest BCUT2D eigenvalue weighted by atomic mass is 10.1. The lowest BCUT2D eigenvalue weighted by Crippen LogP contribution is -2.19. The maximum absolute atomic E-state index is 13.5. The molecule has 0 aliphatic carbocycles. The summed E-state index contributed by atoms with van der Waals surface area (Å²) in [5.41, 5.74) is -0.329. The Labute approximate surface area is 118 Å². The van der Waals surface area contributed by atoms with E-state index in [4.69, 9.17) is 11.6 Å². The highest BCUT2D eigenvalue weighted by Gasteiger charge is 2.15. The summed E-state index contributed by atoms with van der Waals surface area (Å²) in [4.78, 5) is 34.9. The van der Waals surface area contributed by atoms with Crippen LogP contribution >= 0.6 is 11.6 Å². The molecule has 0 bridgehead atoms. The zero-order valence-corrected chi connectivity index (χ0v) is 11.6. The van der Waals surface area contributed by atoms with Crippen molar-refractivity contribution >= 4 is 34.1 Å². The van der Waals surface area contributed by atoms with Crippen molar-refractivity contribution in [1.29, 1.82) is 0 Å². The Kier molecular flexibility index (Phi) is 3.72. The van der Waals surface area contributed by atoms with Crippen LogP contribution in [0, 0.1) is 5.82 Å². The maximum atomic E-state index is 13.5. The van der Waals surface area contributed by atoms with Gasteiger partial charge in [0.1, 0.15) is 11.6 Å². The number of Topliss-reactive ketones (excluding diaryl/α,β-unsaturated/α-hetero) is 2. The third kappa shape index (κ3) is 2.49. The summed E-state index contributed by atoms with van der Waals surface area (Å²) in [5.74, 6) is -1.35. The van der Waals surface area contributed by atoms with Crippen molar-refractivity contribution in [2.45, 2.75) is 20.4 Å². The van der Waals surface area contributed by atoms with E-state index in [1.54, 1.807) is 0 Å². The highest BCUT2D eigenvalue weighted by atomic mass is 35.5. The van der Waals surface area contributed by atoms with Crippen molar-refractivity contribution in [3.05, 3.63) is 45.0 Å². The van der Waals surface area contributed by atoms with Gasteiger partial charge < -0.3 is 4.57 Å². The molecule has 0 aliphatic heterocycles. The number of benzene rings is 1. The van der Waals surface area contributed by atoms with Crippen LogP contribution in [0.25, 0.3) is 10.9 Å². The first-order chi connectivity index (χ1) is 9.31. The zero-order valence-electron chi connectivity index (χ0n) is 10.9. The van der Waals surface area contributed by atoms with Gasteiger partial charge in [0.15, 0.2) is 11.2 Å². The fourth-order valence-electron chi connectivity index (χ4n) is 2.01. The number of carbonyl (C=O) groups excluding carboxylic acids is 2. The van der Waals surface area contributed by atoms with E-state index in [-0.39, 0.29) is 28.3 Å². The van der Waals surface area contributed by atoms with Gasteiger partial charge in [-0.15, -0.1) is 0 Å². The number of hydrogen-bond acceptors (Lipinski definition) is 3. The van der Waals surface area contributed by atoms with Gasteiger partial charge in [-0.1, -0.05) is 11.6 Å². The molecule has 20 heavy (non-hydrogen) atoms. The van der Waals surface area contributed by atoms with E-state index in [9.17, 15) is 18.8 Å². The quantitative estimate of drug-likeness (QED) is 0.818. The van der Waals surface area contributed by atoms with Crippen molar-refractivity contribution in [2.24, 2.45) is 0 Å². The molecule has 1 aromatic carbocycles. The predicted octanol–water partition coefficient (Wildman–Crippen LogP) is 2.59. The van der Waals surface area contributed by atoms with E-state index >= 15 is 0 Å². The third-order valence-electron chi connectivity index (χ3n) is 2.89. The molecule has 1 heterocycles. The lowest BCUT2D eigenvalue weighted by molar-refractivity contribution is -0.117. The standard InChI is InChI=1S/C14H11ClFNO3/c1-7(18)5-17-6-10(8(2)19)14(20)9-3-12(16)11(15)4-13(9)17/h3-4,6H,5H2,1-2H3. The van der Waals surface area contributed by atoms with E-state index < -0.39 is 17.0 Å². The maximum Gasteiger partial charge on any atom is 0.200 e. The summed E-state index contributed by atoms with van der Waals surface area (Å²) in [5, 5.41) is -0.120. The number of nitrogens with zero attached hydrogens (tertiary/aromatic N) is 1. The van der Waals surface area contributed by atoms with Crippen LogP contribution in [0.15, 0.2) is 23.1 Å². The Morgan fingerprint density at radius 1 is 1.30 bits per heavy atom. The molecular formula is C14H11ClFNO3. The van der Waals surface area contributed by atoms with Crippen LogP contribution in [-0.4, -0.2) is 16.1 Å². The molecule has 4 nitrogen and oxygen atoms in total. The van der Waals surface area contributed by atoms with Crippen molar-refractivity contribution in [2.75, 3.05) is 0 Å². The molecule has 104 valence electrons. The SMILES string of the molecule is CC(=O)Cn1cc(C(C)=O)c(=O)c2cc(F)c(Cl)cc21. The van der Waals surface area contributed by atoms with Gasteiger partial charge in [0.05, 0.1) is 22.6 Å². The van der Waals surface area contributed by atoms with Crippen LogP contribution in [-0.2, 0) is 11.3 Å². The fourth-order valence-corrected chi connectivity index (χ4v) is 2.16. The summed E-state index contributed by atoms with van der Waals surface area (Å²) in [6, 6.07) is 2.27. The molecule has 1 aromatic heterocycles. The molecule has 6 heteroatoms. The van der Waals surface area contributed by atoms with E-state index in [0.717, 1.165) is 6.07 Å². The zero-order chi connectivity index (χ0) is 15.0. The first kappa shape index (κ1) is 14.4. The monoisotopic (exact) mass is 295 g/mol. The smallest absolute Gasteiger partial charge is 0.200 e. The molecule has 2 aromatic rings. The molecule has 0 N–H and O–H groups in total. The summed E-state index contributed by atoms with van der Waals surface area (Å²) in [6.07, 6.45) is 1.31. The minimum Gasteiger partial charge on any atom is -0.339 e. The van der Waals surface area contributed by atoms with Crippen molar-refractivity contribution in [1.82, 2.24) is 4.57 Å². The average Bonchev–Trinajstić information content (AvgIpc) is 2.34. The van der Waals surface area contributed by atoms with Crippen LogP contribution in [0.3, 0.4) is 0 Å². The van der Waals surface area contributed by atoms with Gasteiger partial charge in [0.25, 0.3) is 0 Å². The Morgan fingerprint density at radius 3 is 2.50 bits per heavy atom. The number of pyridine rings is 1.